The van der Waals surface area contributed by atoms with Crippen LogP contribution in [-0.2, 0) is 4.79 Å². The van der Waals surface area contributed by atoms with Gasteiger partial charge in [-0.2, -0.15) is 0 Å². The first kappa shape index (κ1) is 19.8. The first-order chi connectivity index (χ1) is 14.2. The molecule has 4 rings (SSSR count). The minimum atomic E-state index is 0.0739. The fraction of sp³-hybridized carbons (Fsp3) is 0.458. The summed E-state index contributed by atoms with van der Waals surface area (Å²) in [6.45, 7) is 6.27. The second-order valence-corrected chi connectivity index (χ2v) is 8.03. The minimum absolute atomic E-state index is 0.0739. The van der Waals surface area contributed by atoms with Gasteiger partial charge in [-0.15, -0.1) is 0 Å². The Balaban J connectivity index is 1.21. The molecule has 29 heavy (non-hydrogen) atoms. The predicted octanol–water partition coefficient (Wildman–Crippen LogP) is 4.25. The van der Waals surface area contributed by atoms with E-state index in [-0.39, 0.29) is 12.5 Å². The molecule has 2 aliphatic heterocycles. The lowest BCUT2D eigenvalue weighted by atomic mass is 10.0. The van der Waals surface area contributed by atoms with Crippen LogP contribution in [0.4, 0.5) is 0 Å². The van der Waals surface area contributed by atoms with Crippen LogP contribution in [0.1, 0.15) is 31.2 Å². The van der Waals surface area contributed by atoms with Crippen LogP contribution in [0.15, 0.2) is 48.5 Å². The van der Waals surface area contributed by atoms with Crippen LogP contribution in [0, 0.1) is 6.92 Å². The van der Waals surface area contributed by atoms with Gasteiger partial charge in [0.1, 0.15) is 17.2 Å². The van der Waals surface area contributed by atoms with Gasteiger partial charge >= 0.3 is 0 Å². The Kier molecular flexibility index (Phi) is 6.35. The number of carbonyl (C=O) groups excluding carboxylic acids is 1. The quantitative estimate of drug-likeness (QED) is 0.734. The standard InChI is InChI=1S/C24H30N2O3/c1-19-4-6-22(7-5-19)29-23-10-8-21(9-11-23)28-18-24(27)26-16-12-20(13-17-26)25-14-2-3-15-25/h4-11,20H,2-3,12-18H2,1H3. The highest BCUT2D eigenvalue weighted by molar-refractivity contribution is 5.77. The third-order valence-corrected chi connectivity index (χ3v) is 5.92. The predicted molar refractivity (Wildman–Crippen MR) is 114 cm³/mol. The third kappa shape index (κ3) is 5.30. The number of rotatable bonds is 6. The number of nitrogens with zero attached hydrogens (tertiary/aromatic N) is 2. The number of piperidine rings is 1. The average Bonchev–Trinajstić information content (AvgIpc) is 3.30. The molecule has 0 bridgehead atoms. The number of hydrogen-bond donors (Lipinski definition) is 0. The van der Waals surface area contributed by atoms with Crippen molar-refractivity contribution < 1.29 is 14.3 Å². The van der Waals surface area contributed by atoms with Crippen molar-refractivity contribution in [3.05, 3.63) is 54.1 Å². The molecule has 2 heterocycles. The van der Waals surface area contributed by atoms with Gasteiger partial charge in [-0.05, 0) is 82.1 Å². The molecule has 2 aliphatic rings. The Morgan fingerprint density at radius 3 is 2.03 bits per heavy atom. The molecule has 0 aromatic heterocycles. The normalized spacial score (nSPS) is 18.0. The van der Waals surface area contributed by atoms with Gasteiger partial charge in [-0.1, -0.05) is 17.7 Å². The summed E-state index contributed by atoms with van der Waals surface area (Å²) < 4.78 is 11.5. The molecule has 5 nitrogen and oxygen atoms in total. The summed E-state index contributed by atoms with van der Waals surface area (Å²) in [5.41, 5.74) is 1.20. The molecule has 0 aliphatic carbocycles. The number of carbonyl (C=O) groups is 1. The summed E-state index contributed by atoms with van der Waals surface area (Å²) >= 11 is 0. The smallest absolute Gasteiger partial charge is 0.260 e. The molecule has 2 aromatic rings. The zero-order valence-electron chi connectivity index (χ0n) is 17.2. The summed E-state index contributed by atoms with van der Waals surface area (Å²) in [6.07, 6.45) is 4.80. The van der Waals surface area contributed by atoms with Crippen LogP contribution in [0.5, 0.6) is 17.2 Å². The van der Waals surface area contributed by atoms with Crippen LogP contribution >= 0.6 is 0 Å². The zero-order valence-corrected chi connectivity index (χ0v) is 17.2. The second-order valence-electron chi connectivity index (χ2n) is 8.03. The Morgan fingerprint density at radius 1 is 0.862 bits per heavy atom. The minimum Gasteiger partial charge on any atom is -0.484 e. The number of likely N-dealkylation sites (tertiary alicyclic amines) is 2. The largest absolute Gasteiger partial charge is 0.484 e. The molecule has 2 aromatic carbocycles. The lowest BCUT2D eigenvalue weighted by Gasteiger charge is -2.36. The van der Waals surface area contributed by atoms with Crippen molar-refractivity contribution in [3.63, 3.8) is 0 Å². The molecular weight excluding hydrogens is 364 g/mol. The molecule has 0 unspecified atom stereocenters. The van der Waals surface area contributed by atoms with E-state index in [0.29, 0.717) is 11.8 Å². The number of ether oxygens (including phenoxy) is 2. The molecular formula is C24H30N2O3. The highest BCUT2D eigenvalue weighted by Crippen LogP contribution is 2.25. The van der Waals surface area contributed by atoms with E-state index in [0.717, 1.165) is 37.4 Å². The van der Waals surface area contributed by atoms with E-state index in [1.807, 2.05) is 60.4 Å². The second kappa shape index (κ2) is 9.31. The first-order valence-electron chi connectivity index (χ1n) is 10.7. The van der Waals surface area contributed by atoms with Crippen molar-refractivity contribution in [3.8, 4) is 17.2 Å². The maximum Gasteiger partial charge on any atom is 0.260 e. The van der Waals surface area contributed by atoms with Gasteiger partial charge in [-0.3, -0.25) is 4.79 Å². The lowest BCUT2D eigenvalue weighted by Crippen LogP contribution is -2.47. The van der Waals surface area contributed by atoms with E-state index in [4.69, 9.17) is 9.47 Å². The van der Waals surface area contributed by atoms with E-state index in [1.54, 1.807) is 0 Å². The summed E-state index contributed by atoms with van der Waals surface area (Å²) in [7, 11) is 0. The van der Waals surface area contributed by atoms with Crippen molar-refractivity contribution in [1.82, 2.24) is 9.80 Å². The van der Waals surface area contributed by atoms with Crippen molar-refractivity contribution in [2.24, 2.45) is 0 Å². The fourth-order valence-corrected chi connectivity index (χ4v) is 4.17. The Morgan fingerprint density at radius 2 is 1.41 bits per heavy atom. The van der Waals surface area contributed by atoms with Gasteiger partial charge in [0, 0.05) is 19.1 Å². The Labute approximate surface area is 173 Å². The fourth-order valence-electron chi connectivity index (χ4n) is 4.17. The van der Waals surface area contributed by atoms with E-state index in [2.05, 4.69) is 4.90 Å². The molecule has 154 valence electrons. The molecule has 1 amide bonds. The monoisotopic (exact) mass is 394 g/mol. The number of hydrogen-bond acceptors (Lipinski definition) is 4. The van der Waals surface area contributed by atoms with E-state index in [1.165, 1.54) is 31.5 Å². The topological polar surface area (TPSA) is 42.0 Å². The van der Waals surface area contributed by atoms with Crippen molar-refractivity contribution in [2.75, 3.05) is 32.8 Å². The van der Waals surface area contributed by atoms with Crippen molar-refractivity contribution in [1.29, 1.82) is 0 Å². The van der Waals surface area contributed by atoms with Gasteiger partial charge in [0.25, 0.3) is 5.91 Å². The van der Waals surface area contributed by atoms with E-state index >= 15 is 0 Å². The van der Waals surface area contributed by atoms with Crippen LogP contribution in [0.25, 0.3) is 0 Å². The molecule has 0 spiro atoms. The summed E-state index contributed by atoms with van der Waals surface area (Å²) in [5, 5.41) is 0. The molecule has 0 N–H and O–H groups in total. The summed E-state index contributed by atoms with van der Waals surface area (Å²) in [6, 6.07) is 16.0. The lowest BCUT2D eigenvalue weighted by molar-refractivity contribution is -0.134. The van der Waals surface area contributed by atoms with Crippen LogP contribution in [0.3, 0.4) is 0 Å². The summed E-state index contributed by atoms with van der Waals surface area (Å²) in [4.78, 5) is 17.0. The number of aryl methyl sites for hydroxylation is 1. The van der Waals surface area contributed by atoms with E-state index < -0.39 is 0 Å². The third-order valence-electron chi connectivity index (χ3n) is 5.92. The molecule has 0 saturated carbocycles. The van der Waals surface area contributed by atoms with Gasteiger partial charge in [-0.25, -0.2) is 0 Å². The number of amides is 1. The van der Waals surface area contributed by atoms with Gasteiger partial charge in [0.05, 0.1) is 0 Å². The van der Waals surface area contributed by atoms with Crippen LogP contribution in [0.2, 0.25) is 0 Å². The Hall–Kier alpha value is -2.53. The maximum atomic E-state index is 12.5. The highest BCUT2D eigenvalue weighted by Gasteiger charge is 2.28. The van der Waals surface area contributed by atoms with Gasteiger partial charge in [0.15, 0.2) is 6.61 Å². The van der Waals surface area contributed by atoms with Crippen molar-refractivity contribution >= 4 is 5.91 Å². The summed E-state index contributed by atoms with van der Waals surface area (Å²) in [5.74, 6) is 2.31. The molecule has 2 saturated heterocycles. The SMILES string of the molecule is Cc1ccc(Oc2ccc(OCC(=O)N3CCC(N4CCCC4)CC3)cc2)cc1. The molecule has 2 fully saturated rings. The molecule has 0 atom stereocenters. The van der Waals surface area contributed by atoms with Crippen LogP contribution in [-0.4, -0.2) is 54.5 Å². The van der Waals surface area contributed by atoms with Crippen molar-refractivity contribution in [2.45, 2.75) is 38.6 Å². The van der Waals surface area contributed by atoms with Gasteiger partial charge in [0.2, 0.25) is 0 Å². The van der Waals surface area contributed by atoms with E-state index in [9.17, 15) is 4.79 Å². The highest BCUT2D eigenvalue weighted by atomic mass is 16.5. The first-order valence-corrected chi connectivity index (χ1v) is 10.7. The molecule has 0 radical (unpaired) electrons. The maximum absolute atomic E-state index is 12.5. The Bertz CT molecular complexity index is 790. The van der Waals surface area contributed by atoms with Crippen LogP contribution < -0.4 is 9.47 Å². The zero-order chi connectivity index (χ0) is 20.1. The van der Waals surface area contributed by atoms with Gasteiger partial charge < -0.3 is 19.3 Å². The average molecular weight is 395 g/mol. The number of benzene rings is 2. The molecule has 5 heteroatoms.